The van der Waals surface area contributed by atoms with Crippen molar-refractivity contribution in [2.45, 2.75) is 64.9 Å². The van der Waals surface area contributed by atoms with Crippen LogP contribution in [0.15, 0.2) is 48.5 Å². The van der Waals surface area contributed by atoms with Crippen molar-refractivity contribution >= 4 is 11.6 Å². The molecule has 1 unspecified atom stereocenters. The minimum Gasteiger partial charge on any atom is -0.494 e. The Hall–Kier alpha value is -2.49. The van der Waals surface area contributed by atoms with Crippen molar-refractivity contribution in [3.05, 3.63) is 54.1 Å². The predicted octanol–water partition coefficient (Wildman–Crippen LogP) is 6.14. The Balaban J connectivity index is 1.46. The Morgan fingerprint density at radius 2 is 1.83 bits per heavy atom. The van der Waals surface area contributed by atoms with Crippen molar-refractivity contribution < 1.29 is 14.3 Å². The van der Waals surface area contributed by atoms with Crippen molar-refractivity contribution in [2.24, 2.45) is 5.92 Å². The van der Waals surface area contributed by atoms with Crippen LogP contribution in [0.3, 0.4) is 0 Å². The minimum absolute atomic E-state index is 0.139. The summed E-state index contributed by atoms with van der Waals surface area (Å²) in [6.07, 6.45) is 8.02. The van der Waals surface area contributed by atoms with Gasteiger partial charge in [0.05, 0.1) is 6.61 Å². The van der Waals surface area contributed by atoms with Crippen LogP contribution in [0.1, 0.15) is 57.4 Å². The Kier molecular flexibility index (Phi) is 7.97. The monoisotopic (exact) mass is 395 g/mol. The summed E-state index contributed by atoms with van der Waals surface area (Å²) < 4.78 is 11.8. The van der Waals surface area contributed by atoms with Gasteiger partial charge in [-0.25, -0.2) is 0 Å². The number of ether oxygens (including phenoxy) is 2. The first kappa shape index (κ1) is 21.2. The van der Waals surface area contributed by atoms with Crippen molar-refractivity contribution in [3.63, 3.8) is 0 Å². The third kappa shape index (κ3) is 6.81. The van der Waals surface area contributed by atoms with Crippen LogP contribution in [0.2, 0.25) is 0 Å². The molecule has 0 aliphatic heterocycles. The molecule has 0 spiro atoms. The number of amides is 1. The van der Waals surface area contributed by atoms with E-state index in [1.54, 1.807) is 0 Å². The summed E-state index contributed by atoms with van der Waals surface area (Å²) in [5.41, 5.74) is 1.86. The zero-order valence-corrected chi connectivity index (χ0v) is 17.7. The van der Waals surface area contributed by atoms with E-state index in [9.17, 15) is 4.79 Å². The Morgan fingerprint density at radius 1 is 1.07 bits per heavy atom. The zero-order valence-electron chi connectivity index (χ0n) is 17.7. The van der Waals surface area contributed by atoms with Crippen LogP contribution in [-0.4, -0.2) is 18.6 Å². The Morgan fingerprint density at radius 3 is 2.52 bits per heavy atom. The molecular weight excluding hydrogens is 362 g/mol. The third-order valence-electron chi connectivity index (χ3n) is 5.57. The maximum Gasteiger partial charge on any atom is 0.265 e. The van der Waals surface area contributed by atoms with Gasteiger partial charge in [0.25, 0.3) is 5.91 Å². The van der Waals surface area contributed by atoms with Crippen molar-refractivity contribution in [2.75, 3.05) is 11.9 Å². The highest BCUT2D eigenvalue weighted by Gasteiger charge is 2.19. The van der Waals surface area contributed by atoms with Crippen LogP contribution in [-0.2, 0) is 4.79 Å². The lowest BCUT2D eigenvalue weighted by atomic mass is 9.87. The lowest BCUT2D eigenvalue weighted by Crippen LogP contribution is -2.32. The first-order valence-corrected chi connectivity index (χ1v) is 10.9. The Labute approximate surface area is 174 Å². The molecule has 1 saturated carbocycles. The predicted molar refractivity (Wildman–Crippen MR) is 118 cm³/mol. The molecule has 29 heavy (non-hydrogen) atoms. The molecule has 0 heterocycles. The van der Waals surface area contributed by atoms with Crippen molar-refractivity contribution in [3.8, 4) is 11.5 Å². The van der Waals surface area contributed by atoms with Gasteiger partial charge >= 0.3 is 0 Å². The second kappa shape index (κ2) is 10.9. The summed E-state index contributed by atoms with van der Waals surface area (Å²) in [4.78, 5) is 12.6. The maximum absolute atomic E-state index is 12.6. The van der Waals surface area contributed by atoms with E-state index in [0.29, 0.717) is 12.2 Å². The molecule has 1 N–H and O–H groups in total. The second-order valence-corrected chi connectivity index (χ2v) is 7.99. The number of nitrogens with one attached hydrogen (secondary N) is 1. The van der Waals surface area contributed by atoms with E-state index in [-0.39, 0.29) is 5.91 Å². The van der Waals surface area contributed by atoms with Crippen LogP contribution in [0.25, 0.3) is 0 Å². The van der Waals surface area contributed by atoms with Gasteiger partial charge < -0.3 is 14.8 Å². The zero-order chi connectivity index (χ0) is 20.5. The highest BCUT2D eigenvalue weighted by molar-refractivity contribution is 5.94. The van der Waals surface area contributed by atoms with Crippen LogP contribution < -0.4 is 14.8 Å². The number of aryl methyl sites for hydroxylation is 1. The summed E-state index contributed by atoms with van der Waals surface area (Å²) in [7, 11) is 0. The first-order chi connectivity index (χ1) is 14.1. The number of benzene rings is 2. The van der Waals surface area contributed by atoms with E-state index in [1.165, 1.54) is 32.1 Å². The molecule has 4 heteroatoms. The molecule has 1 aliphatic carbocycles. The van der Waals surface area contributed by atoms with Gasteiger partial charge in [-0.1, -0.05) is 51.2 Å². The highest BCUT2D eigenvalue weighted by Crippen LogP contribution is 2.26. The highest BCUT2D eigenvalue weighted by atomic mass is 16.5. The summed E-state index contributed by atoms with van der Waals surface area (Å²) in [6.45, 7) is 4.72. The SMILES string of the molecule is CCC(Oc1cccc(C)c1)C(=O)Nc1ccc(OCCC2CCCCC2)cc1. The van der Waals surface area contributed by atoms with Gasteiger partial charge in [-0.15, -0.1) is 0 Å². The Bertz CT molecular complexity index is 766. The number of hydrogen-bond donors (Lipinski definition) is 1. The van der Waals surface area contributed by atoms with Gasteiger partial charge in [0, 0.05) is 5.69 Å². The molecule has 2 aromatic rings. The normalized spacial score (nSPS) is 15.5. The van der Waals surface area contributed by atoms with E-state index in [1.807, 2.05) is 62.4 Å². The quantitative estimate of drug-likeness (QED) is 0.555. The molecule has 156 valence electrons. The van der Waals surface area contributed by atoms with Gasteiger partial charge in [-0.3, -0.25) is 4.79 Å². The smallest absolute Gasteiger partial charge is 0.265 e. The topological polar surface area (TPSA) is 47.6 Å². The summed E-state index contributed by atoms with van der Waals surface area (Å²) in [5.74, 6) is 2.25. The number of rotatable bonds is 9. The molecule has 2 aromatic carbocycles. The minimum atomic E-state index is -0.525. The van der Waals surface area contributed by atoms with Gasteiger partial charge in [0.1, 0.15) is 11.5 Å². The third-order valence-corrected chi connectivity index (χ3v) is 5.57. The molecular formula is C25H33NO3. The molecule has 4 nitrogen and oxygen atoms in total. The number of carbonyl (C=O) groups excluding carboxylic acids is 1. The number of anilines is 1. The number of hydrogen-bond acceptors (Lipinski definition) is 3. The molecule has 0 bridgehead atoms. The van der Waals surface area contributed by atoms with E-state index in [4.69, 9.17) is 9.47 Å². The fourth-order valence-electron chi connectivity index (χ4n) is 3.85. The molecule has 3 rings (SSSR count). The van der Waals surface area contributed by atoms with Gasteiger partial charge in [0.15, 0.2) is 6.10 Å². The standard InChI is InChI=1S/C25H33NO3/c1-3-24(29-23-11-7-8-19(2)18-23)25(27)26-21-12-14-22(15-13-21)28-17-16-20-9-5-4-6-10-20/h7-8,11-15,18,20,24H,3-6,9-10,16-17H2,1-2H3,(H,26,27). The summed E-state index contributed by atoms with van der Waals surface area (Å²) >= 11 is 0. The average Bonchev–Trinajstić information content (AvgIpc) is 2.74. The largest absolute Gasteiger partial charge is 0.494 e. The molecule has 0 radical (unpaired) electrons. The summed E-state index contributed by atoms with van der Waals surface area (Å²) in [6, 6.07) is 15.4. The van der Waals surface area contributed by atoms with E-state index in [0.717, 1.165) is 35.9 Å². The lowest BCUT2D eigenvalue weighted by Gasteiger charge is -2.21. The van der Waals surface area contributed by atoms with E-state index >= 15 is 0 Å². The summed E-state index contributed by atoms with van der Waals surface area (Å²) in [5, 5.41) is 2.94. The molecule has 1 atom stereocenters. The molecule has 0 aromatic heterocycles. The second-order valence-electron chi connectivity index (χ2n) is 7.99. The fraction of sp³-hybridized carbons (Fsp3) is 0.480. The van der Waals surface area contributed by atoms with Crippen molar-refractivity contribution in [1.82, 2.24) is 0 Å². The van der Waals surface area contributed by atoms with Gasteiger partial charge in [-0.05, 0) is 67.6 Å². The average molecular weight is 396 g/mol. The van der Waals surface area contributed by atoms with Crippen LogP contribution in [0, 0.1) is 12.8 Å². The lowest BCUT2D eigenvalue weighted by molar-refractivity contribution is -0.122. The van der Waals surface area contributed by atoms with Crippen LogP contribution >= 0.6 is 0 Å². The molecule has 1 fully saturated rings. The maximum atomic E-state index is 12.6. The first-order valence-electron chi connectivity index (χ1n) is 10.9. The molecule has 0 saturated heterocycles. The molecule has 1 amide bonds. The fourth-order valence-corrected chi connectivity index (χ4v) is 3.85. The molecule has 1 aliphatic rings. The van der Waals surface area contributed by atoms with Gasteiger partial charge in [-0.2, -0.15) is 0 Å². The van der Waals surface area contributed by atoms with E-state index in [2.05, 4.69) is 5.32 Å². The van der Waals surface area contributed by atoms with Crippen LogP contribution in [0.5, 0.6) is 11.5 Å². The van der Waals surface area contributed by atoms with E-state index < -0.39 is 6.10 Å². The number of carbonyl (C=O) groups is 1. The van der Waals surface area contributed by atoms with Gasteiger partial charge in [0.2, 0.25) is 0 Å². The van der Waals surface area contributed by atoms with Crippen LogP contribution in [0.4, 0.5) is 5.69 Å². The van der Waals surface area contributed by atoms with Crippen molar-refractivity contribution in [1.29, 1.82) is 0 Å².